The second kappa shape index (κ2) is 8.46. The number of hydrogen-bond donors (Lipinski definition) is 2. The second-order valence-corrected chi connectivity index (χ2v) is 8.69. The van der Waals surface area contributed by atoms with Crippen LogP contribution in [0, 0.1) is 10.1 Å². The van der Waals surface area contributed by atoms with Gasteiger partial charge in [0.05, 0.1) is 9.97 Å². The minimum Gasteiger partial charge on any atom is -0.512 e. The summed E-state index contributed by atoms with van der Waals surface area (Å²) in [4.78, 5) is 38.6. The van der Waals surface area contributed by atoms with Gasteiger partial charge in [-0.05, 0) is 30.2 Å². The van der Waals surface area contributed by atoms with Crippen LogP contribution in [0.1, 0.15) is 18.1 Å². The number of esters is 1. The maximum absolute atomic E-state index is 12.9. The van der Waals surface area contributed by atoms with Gasteiger partial charge in [0.15, 0.2) is 10.9 Å². The van der Waals surface area contributed by atoms with Crippen molar-refractivity contribution in [2.24, 2.45) is 4.99 Å². The molecular weight excluding hydrogens is 434 g/mol. The van der Waals surface area contributed by atoms with Crippen molar-refractivity contribution < 1.29 is 24.4 Å². The molecule has 2 aliphatic heterocycles. The number of nitro groups is 1. The highest BCUT2D eigenvalue weighted by molar-refractivity contribution is 8.15. The Morgan fingerprint density at radius 3 is 2.50 bits per heavy atom. The number of carbonyl (C=O) groups is 2. The molecule has 9 nitrogen and oxygen atoms in total. The minimum atomic E-state index is -1.22. The zero-order valence-electron chi connectivity index (χ0n) is 17.0. The van der Waals surface area contributed by atoms with Crippen molar-refractivity contribution in [3.05, 3.63) is 87.2 Å². The molecule has 32 heavy (non-hydrogen) atoms. The summed E-state index contributed by atoms with van der Waals surface area (Å²) >= 11 is 1.22. The molecule has 1 amide bonds. The van der Waals surface area contributed by atoms with Gasteiger partial charge in [0.1, 0.15) is 17.9 Å². The molecule has 0 bridgehead atoms. The number of fused-ring (bicyclic) bond motifs is 1. The Kier molecular flexibility index (Phi) is 5.70. The largest absolute Gasteiger partial charge is 0.512 e. The van der Waals surface area contributed by atoms with Gasteiger partial charge in [-0.3, -0.25) is 19.9 Å². The van der Waals surface area contributed by atoms with Gasteiger partial charge >= 0.3 is 5.97 Å². The van der Waals surface area contributed by atoms with Crippen molar-refractivity contribution in [2.75, 3.05) is 0 Å². The van der Waals surface area contributed by atoms with Gasteiger partial charge in [-0.15, -0.1) is 0 Å². The summed E-state index contributed by atoms with van der Waals surface area (Å²) in [6.45, 7) is 1.21. The van der Waals surface area contributed by atoms with Crippen LogP contribution in [-0.2, 0) is 27.4 Å². The standard InChI is InChI=1S/C22H19N3O6S/c1-13(26)18(21(28)31-12-15-7-9-16(10-8-15)25(29)30)22-19(20(27)24-22)23-17(32-22)11-14-5-3-2-4-6-14/h2-10,19,26H,11-12H2,1H3,(H,24,27). The number of carbonyl (C=O) groups excluding carboxylic acids is 2. The highest BCUT2D eigenvalue weighted by Crippen LogP contribution is 2.49. The number of hydrogen-bond acceptors (Lipinski definition) is 8. The first-order valence-electron chi connectivity index (χ1n) is 9.72. The predicted octanol–water partition coefficient (Wildman–Crippen LogP) is 3.05. The van der Waals surface area contributed by atoms with E-state index in [2.05, 4.69) is 10.3 Å². The molecule has 164 valence electrons. The molecule has 2 aromatic rings. The minimum absolute atomic E-state index is 0.0687. The van der Waals surface area contributed by atoms with E-state index in [1.165, 1.54) is 43.0 Å². The number of allylic oxidation sites excluding steroid dienone is 1. The maximum atomic E-state index is 12.9. The fourth-order valence-electron chi connectivity index (χ4n) is 3.62. The molecule has 0 radical (unpaired) electrons. The third kappa shape index (κ3) is 3.96. The smallest absolute Gasteiger partial charge is 0.341 e. The first kappa shape index (κ1) is 21.6. The average molecular weight is 453 g/mol. The summed E-state index contributed by atoms with van der Waals surface area (Å²) in [6, 6.07) is 14.4. The fraction of sp³-hybridized carbons (Fsp3) is 0.227. The summed E-state index contributed by atoms with van der Waals surface area (Å²) in [6.07, 6.45) is 0.494. The molecule has 1 fully saturated rings. The van der Waals surface area contributed by atoms with Gasteiger partial charge in [-0.1, -0.05) is 42.1 Å². The molecule has 0 spiro atoms. The van der Waals surface area contributed by atoms with E-state index in [-0.39, 0.29) is 29.5 Å². The number of thioether (sulfide) groups is 1. The molecule has 2 heterocycles. The van der Waals surface area contributed by atoms with Crippen molar-refractivity contribution in [3.63, 3.8) is 0 Å². The van der Waals surface area contributed by atoms with E-state index >= 15 is 0 Å². The zero-order valence-corrected chi connectivity index (χ0v) is 17.8. The van der Waals surface area contributed by atoms with Crippen LogP contribution >= 0.6 is 11.8 Å². The zero-order chi connectivity index (χ0) is 22.9. The second-order valence-electron chi connectivity index (χ2n) is 7.37. The summed E-state index contributed by atoms with van der Waals surface area (Å²) in [5, 5.41) is 24.5. The molecule has 2 aliphatic rings. The number of ether oxygens (including phenoxy) is 1. The lowest BCUT2D eigenvalue weighted by Crippen LogP contribution is -2.70. The molecular formula is C22H19N3O6S. The van der Waals surface area contributed by atoms with Crippen LogP contribution in [0.15, 0.2) is 70.9 Å². The third-order valence-electron chi connectivity index (χ3n) is 5.15. The van der Waals surface area contributed by atoms with Crippen LogP contribution in [0.2, 0.25) is 0 Å². The van der Waals surface area contributed by atoms with E-state index < -0.39 is 21.8 Å². The van der Waals surface area contributed by atoms with Crippen LogP contribution in [0.3, 0.4) is 0 Å². The number of nitrogens with zero attached hydrogens (tertiary/aromatic N) is 2. The topological polar surface area (TPSA) is 131 Å². The third-order valence-corrected chi connectivity index (χ3v) is 6.48. The quantitative estimate of drug-likeness (QED) is 0.164. The van der Waals surface area contributed by atoms with E-state index in [1.807, 2.05) is 30.3 Å². The van der Waals surface area contributed by atoms with Crippen molar-refractivity contribution in [2.45, 2.75) is 30.9 Å². The Morgan fingerprint density at radius 1 is 1.22 bits per heavy atom. The van der Waals surface area contributed by atoms with Gasteiger partial charge in [0.2, 0.25) is 5.91 Å². The molecule has 0 saturated carbocycles. The normalized spacial score (nSPS) is 22.1. The van der Waals surface area contributed by atoms with Crippen LogP contribution in [0.5, 0.6) is 0 Å². The number of aliphatic imine (C=N–C) groups is 1. The first-order chi connectivity index (χ1) is 15.3. The Morgan fingerprint density at radius 2 is 1.91 bits per heavy atom. The molecule has 4 rings (SSSR count). The number of non-ortho nitro benzene ring substituents is 1. The number of rotatable bonds is 7. The lowest BCUT2D eigenvalue weighted by atomic mass is 9.90. The molecule has 2 unspecified atom stereocenters. The van der Waals surface area contributed by atoms with Gasteiger partial charge in [0.25, 0.3) is 5.69 Å². The van der Waals surface area contributed by atoms with E-state index in [0.29, 0.717) is 17.0 Å². The molecule has 0 aliphatic carbocycles. The fourth-order valence-corrected chi connectivity index (χ4v) is 5.14. The van der Waals surface area contributed by atoms with E-state index in [0.717, 1.165) is 5.56 Å². The molecule has 2 aromatic carbocycles. The van der Waals surface area contributed by atoms with Crippen LogP contribution in [-0.4, -0.2) is 37.9 Å². The number of amides is 1. The lowest BCUT2D eigenvalue weighted by molar-refractivity contribution is -0.384. The Balaban J connectivity index is 1.49. The van der Waals surface area contributed by atoms with Crippen LogP contribution in [0.25, 0.3) is 0 Å². The average Bonchev–Trinajstić information content (AvgIpc) is 3.05. The number of aliphatic hydroxyl groups is 1. The lowest BCUT2D eigenvalue weighted by Gasteiger charge is -2.43. The maximum Gasteiger partial charge on any atom is 0.341 e. The molecule has 0 aromatic heterocycles. The number of β-lactam (4-membered cyclic amide) rings is 1. The monoisotopic (exact) mass is 453 g/mol. The van der Waals surface area contributed by atoms with Crippen molar-refractivity contribution in [3.8, 4) is 0 Å². The summed E-state index contributed by atoms with van der Waals surface area (Å²) in [5.41, 5.74) is 1.41. The highest BCUT2D eigenvalue weighted by atomic mass is 32.2. The number of nitro benzene ring substituents is 1. The first-order valence-corrected chi connectivity index (χ1v) is 10.5. The number of aliphatic hydroxyl groups excluding tert-OH is 1. The van der Waals surface area contributed by atoms with Crippen LogP contribution < -0.4 is 5.32 Å². The summed E-state index contributed by atoms with van der Waals surface area (Å²) in [7, 11) is 0. The van der Waals surface area contributed by atoms with Crippen LogP contribution in [0.4, 0.5) is 5.69 Å². The Bertz CT molecular complexity index is 1140. The number of nitrogens with one attached hydrogen (secondary N) is 1. The van der Waals surface area contributed by atoms with E-state index in [1.54, 1.807) is 0 Å². The summed E-state index contributed by atoms with van der Waals surface area (Å²) in [5.74, 6) is -1.40. The predicted molar refractivity (Wildman–Crippen MR) is 118 cm³/mol. The molecule has 10 heteroatoms. The van der Waals surface area contributed by atoms with E-state index in [9.17, 15) is 24.8 Å². The van der Waals surface area contributed by atoms with Crippen molar-refractivity contribution in [1.82, 2.24) is 5.32 Å². The van der Waals surface area contributed by atoms with Crippen molar-refractivity contribution >= 4 is 34.4 Å². The van der Waals surface area contributed by atoms with Gasteiger partial charge < -0.3 is 15.2 Å². The Labute approximate surface area is 187 Å². The SMILES string of the molecule is CC(O)=C(C(=O)OCc1ccc([N+](=O)[O-])cc1)C12NC(=O)C1N=C(Cc1ccccc1)S2. The van der Waals surface area contributed by atoms with Gasteiger partial charge in [0, 0.05) is 18.6 Å². The Hall–Kier alpha value is -3.66. The van der Waals surface area contributed by atoms with E-state index in [4.69, 9.17) is 4.74 Å². The highest BCUT2D eigenvalue weighted by Gasteiger charge is 2.63. The molecule has 2 atom stereocenters. The molecule has 2 N–H and O–H groups in total. The van der Waals surface area contributed by atoms with Crippen molar-refractivity contribution in [1.29, 1.82) is 0 Å². The van der Waals surface area contributed by atoms with Gasteiger partial charge in [-0.25, -0.2) is 4.79 Å². The van der Waals surface area contributed by atoms with Gasteiger partial charge in [-0.2, -0.15) is 0 Å². The molecule has 1 saturated heterocycles. The number of benzene rings is 2. The summed E-state index contributed by atoms with van der Waals surface area (Å²) < 4.78 is 5.36.